The molecule has 0 saturated heterocycles. The molecule has 128 valence electrons. The molecule has 1 heterocycles. The van der Waals surface area contributed by atoms with Crippen molar-refractivity contribution in [1.82, 2.24) is 0 Å². The second-order valence-corrected chi connectivity index (χ2v) is 6.30. The number of amides is 2. The van der Waals surface area contributed by atoms with Gasteiger partial charge >= 0.3 is 0 Å². The van der Waals surface area contributed by atoms with E-state index in [1.54, 1.807) is 42.5 Å². The van der Waals surface area contributed by atoms with Gasteiger partial charge in [0, 0.05) is 10.2 Å². The van der Waals surface area contributed by atoms with Crippen LogP contribution in [0.25, 0.3) is 0 Å². The van der Waals surface area contributed by atoms with Crippen LogP contribution in [0.5, 0.6) is 5.75 Å². The van der Waals surface area contributed by atoms with Gasteiger partial charge in [0.25, 0.3) is 11.7 Å². The van der Waals surface area contributed by atoms with E-state index in [2.05, 4.69) is 21.2 Å². The van der Waals surface area contributed by atoms with E-state index in [-0.39, 0.29) is 12.5 Å². The fraction of sp³-hybridized carbons (Fsp3) is 0.167. The van der Waals surface area contributed by atoms with Crippen LogP contribution >= 0.6 is 15.9 Å². The summed E-state index contributed by atoms with van der Waals surface area (Å²) in [6, 6.07) is 11.9. The number of ether oxygens (including phenoxy) is 1. The number of benzene rings is 2. The fourth-order valence-electron chi connectivity index (χ4n) is 2.57. The van der Waals surface area contributed by atoms with Crippen LogP contribution in [0, 0.1) is 0 Å². The van der Waals surface area contributed by atoms with Crippen molar-refractivity contribution < 1.29 is 19.1 Å². The minimum atomic E-state index is -0.699. The molecule has 1 aliphatic heterocycles. The molecular formula is C18H15BrN2O4. The van der Waals surface area contributed by atoms with Gasteiger partial charge in [0.15, 0.2) is 0 Å². The van der Waals surface area contributed by atoms with Crippen LogP contribution < -0.4 is 15.0 Å². The molecular weight excluding hydrogens is 388 g/mol. The summed E-state index contributed by atoms with van der Waals surface area (Å²) >= 11 is 3.27. The maximum Gasteiger partial charge on any atom is 0.299 e. The molecule has 2 aromatic carbocycles. The maximum atomic E-state index is 12.3. The zero-order chi connectivity index (χ0) is 18.0. The average molecular weight is 403 g/mol. The number of rotatable bonds is 5. The molecule has 0 atom stereocenters. The Morgan fingerprint density at radius 2 is 1.88 bits per heavy atom. The number of nitrogens with zero attached hydrogens (tertiary/aromatic N) is 1. The Kier molecular flexibility index (Phi) is 4.85. The molecule has 0 aromatic heterocycles. The number of halogens is 1. The molecule has 0 spiro atoms. The summed E-state index contributed by atoms with van der Waals surface area (Å²) < 4.78 is 6.04. The SMILES string of the molecule is CCOc1ccc(NC(=O)CN2C(=O)C(=O)c3cc(Br)ccc32)cc1. The van der Waals surface area contributed by atoms with E-state index in [0.29, 0.717) is 33.8 Å². The van der Waals surface area contributed by atoms with E-state index in [1.807, 2.05) is 6.92 Å². The van der Waals surface area contributed by atoms with Crippen molar-refractivity contribution in [3.8, 4) is 5.75 Å². The summed E-state index contributed by atoms with van der Waals surface area (Å²) in [5.74, 6) is -0.985. The Balaban J connectivity index is 1.71. The highest BCUT2D eigenvalue weighted by Gasteiger charge is 2.36. The minimum absolute atomic E-state index is 0.230. The lowest BCUT2D eigenvalue weighted by Crippen LogP contribution is -2.37. The topological polar surface area (TPSA) is 75.7 Å². The van der Waals surface area contributed by atoms with E-state index in [9.17, 15) is 14.4 Å². The lowest BCUT2D eigenvalue weighted by atomic mass is 10.1. The number of carbonyl (C=O) groups is 3. The third-order valence-corrected chi connectivity index (χ3v) is 4.18. The molecule has 0 saturated carbocycles. The van der Waals surface area contributed by atoms with E-state index >= 15 is 0 Å². The van der Waals surface area contributed by atoms with Gasteiger partial charge < -0.3 is 10.1 Å². The van der Waals surface area contributed by atoms with Gasteiger partial charge in [0.2, 0.25) is 5.91 Å². The molecule has 7 heteroatoms. The van der Waals surface area contributed by atoms with Crippen molar-refractivity contribution in [2.75, 3.05) is 23.4 Å². The standard InChI is InChI=1S/C18H15BrN2O4/c1-2-25-13-6-4-12(5-7-13)20-16(22)10-21-15-8-3-11(19)9-14(15)17(23)18(21)24/h3-9H,2,10H2,1H3,(H,20,22). The van der Waals surface area contributed by atoms with Crippen LogP contribution in [0.15, 0.2) is 46.9 Å². The van der Waals surface area contributed by atoms with E-state index in [0.717, 1.165) is 0 Å². The second-order valence-electron chi connectivity index (χ2n) is 5.39. The molecule has 6 nitrogen and oxygen atoms in total. The number of carbonyl (C=O) groups excluding carboxylic acids is 3. The highest BCUT2D eigenvalue weighted by Crippen LogP contribution is 2.31. The van der Waals surface area contributed by atoms with Crippen LogP contribution in [0.3, 0.4) is 0 Å². The number of anilines is 2. The van der Waals surface area contributed by atoms with Gasteiger partial charge in [-0.05, 0) is 49.4 Å². The summed E-state index contributed by atoms with van der Waals surface area (Å²) in [6.45, 7) is 2.22. The van der Waals surface area contributed by atoms with Gasteiger partial charge in [0.05, 0.1) is 17.9 Å². The van der Waals surface area contributed by atoms with Crippen molar-refractivity contribution in [1.29, 1.82) is 0 Å². The quantitative estimate of drug-likeness (QED) is 0.779. The molecule has 2 aromatic rings. The summed E-state index contributed by atoms with van der Waals surface area (Å²) in [6.07, 6.45) is 0. The third kappa shape index (κ3) is 3.56. The van der Waals surface area contributed by atoms with Gasteiger partial charge in [0.1, 0.15) is 12.3 Å². The molecule has 0 fully saturated rings. The average Bonchev–Trinajstić information content (AvgIpc) is 2.81. The monoisotopic (exact) mass is 402 g/mol. The van der Waals surface area contributed by atoms with Gasteiger partial charge in [-0.1, -0.05) is 15.9 Å². The van der Waals surface area contributed by atoms with Crippen molar-refractivity contribution in [2.24, 2.45) is 0 Å². The molecule has 0 radical (unpaired) electrons. The molecule has 2 amide bonds. The first-order chi connectivity index (χ1) is 12.0. The van der Waals surface area contributed by atoms with Crippen molar-refractivity contribution in [2.45, 2.75) is 6.92 Å². The summed E-state index contributed by atoms with van der Waals surface area (Å²) in [5.41, 5.74) is 1.33. The number of ketones is 1. The summed E-state index contributed by atoms with van der Waals surface area (Å²) in [7, 11) is 0. The smallest absolute Gasteiger partial charge is 0.299 e. The Morgan fingerprint density at radius 3 is 2.56 bits per heavy atom. The maximum absolute atomic E-state index is 12.3. The van der Waals surface area contributed by atoms with Gasteiger partial charge in [-0.2, -0.15) is 0 Å². The Hall–Kier alpha value is -2.67. The number of hydrogen-bond acceptors (Lipinski definition) is 4. The largest absolute Gasteiger partial charge is 0.494 e. The normalized spacial score (nSPS) is 13.0. The zero-order valence-electron chi connectivity index (χ0n) is 13.4. The van der Waals surface area contributed by atoms with Crippen molar-refractivity contribution in [3.05, 3.63) is 52.5 Å². The molecule has 25 heavy (non-hydrogen) atoms. The number of fused-ring (bicyclic) bond motifs is 1. The van der Waals surface area contributed by atoms with Crippen molar-refractivity contribution >= 4 is 44.9 Å². The Morgan fingerprint density at radius 1 is 1.16 bits per heavy atom. The summed E-state index contributed by atoms with van der Waals surface area (Å²) in [5, 5.41) is 2.71. The molecule has 1 N–H and O–H groups in total. The molecule has 0 bridgehead atoms. The third-order valence-electron chi connectivity index (χ3n) is 3.68. The van der Waals surface area contributed by atoms with E-state index in [4.69, 9.17) is 4.74 Å². The predicted molar refractivity (Wildman–Crippen MR) is 97.1 cm³/mol. The van der Waals surface area contributed by atoms with Gasteiger partial charge in [-0.3, -0.25) is 19.3 Å². The van der Waals surface area contributed by atoms with Crippen LogP contribution in [-0.4, -0.2) is 30.7 Å². The van der Waals surface area contributed by atoms with Gasteiger partial charge in [-0.25, -0.2) is 0 Å². The highest BCUT2D eigenvalue weighted by molar-refractivity contribution is 9.10. The van der Waals surface area contributed by atoms with Crippen molar-refractivity contribution in [3.63, 3.8) is 0 Å². The number of nitrogens with one attached hydrogen (secondary N) is 1. The lowest BCUT2D eigenvalue weighted by molar-refractivity contribution is -0.118. The van der Waals surface area contributed by atoms with Crippen LogP contribution in [0.1, 0.15) is 17.3 Å². The molecule has 0 aliphatic carbocycles. The minimum Gasteiger partial charge on any atom is -0.494 e. The highest BCUT2D eigenvalue weighted by atomic mass is 79.9. The van der Waals surface area contributed by atoms with E-state index in [1.165, 1.54) is 4.90 Å². The lowest BCUT2D eigenvalue weighted by Gasteiger charge is -2.16. The van der Waals surface area contributed by atoms with Gasteiger partial charge in [-0.15, -0.1) is 0 Å². The fourth-order valence-corrected chi connectivity index (χ4v) is 2.94. The zero-order valence-corrected chi connectivity index (χ0v) is 15.0. The van der Waals surface area contributed by atoms with Crippen LogP contribution in [0.2, 0.25) is 0 Å². The predicted octanol–water partition coefficient (Wildman–Crippen LogP) is 3.02. The second kappa shape index (κ2) is 7.06. The first-order valence-corrected chi connectivity index (χ1v) is 8.47. The molecule has 0 unspecified atom stereocenters. The summed E-state index contributed by atoms with van der Waals surface area (Å²) in [4.78, 5) is 37.6. The number of Topliss-reactive ketones (excluding diaryl/α,β-unsaturated/α-hetero) is 1. The molecule has 1 aliphatic rings. The first-order valence-electron chi connectivity index (χ1n) is 7.68. The molecule has 3 rings (SSSR count). The van der Waals surface area contributed by atoms with Crippen LogP contribution in [0.4, 0.5) is 11.4 Å². The first kappa shape index (κ1) is 17.2. The number of hydrogen-bond donors (Lipinski definition) is 1. The van der Waals surface area contributed by atoms with E-state index < -0.39 is 11.7 Å². The van der Waals surface area contributed by atoms with Crippen LogP contribution in [-0.2, 0) is 9.59 Å². The Labute approximate surface area is 152 Å². The Bertz CT molecular complexity index is 849.